The van der Waals surface area contributed by atoms with Crippen LogP contribution in [0.1, 0.15) is 45.8 Å². The average Bonchev–Trinajstić information content (AvgIpc) is 3.29. The Morgan fingerprint density at radius 2 is 1.57 bits per heavy atom. The summed E-state index contributed by atoms with van der Waals surface area (Å²) in [5, 5.41) is 7.65. The fourth-order valence-electron chi connectivity index (χ4n) is 4.68. The van der Waals surface area contributed by atoms with E-state index in [-0.39, 0.29) is 43.8 Å². The van der Waals surface area contributed by atoms with Crippen LogP contribution in [-0.4, -0.2) is 47.1 Å². The van der Waals surface area contributed by atoms with Gasteiger partial charge in [-0.05, 0) is 29.2 Å². The molecule has 10 nitrogen and oxygen atoms in total. The van der Waals surface area contributed by atoms with Crippen LogP contribution in [0.2, 0.25) is 0 Å². The predicted molar refractivity (Wildman–Crippen MR) is 148 cm³/mol. The predicted octanol–water partition coefficient (Wildman–Crippen LogP) is 2.20. The number of urea groups is 1. The van der Waals surface area contributed by atoms with Crippen molar-refractivity contribution in [1.29, 1.82) is 0 Å². The van der Waals surface area contributed by atoms with Gasteiger partial charge in [0.2, 0.25) is 17.7 Å². The third kappa shape index (κ3) is 7.10. The van der Waals surface area contributed by atoms with Crippen molar-refractivity contribution in [3.05, 3.63) is 107 Å². The minimum atomic E-state index is -0.711. The number of imide groups is 1. The van der Waals surface area contributed by atoms with E-state index >= 15 is 0 Å². The van der Waals surface area contributed by atoms with Crippen LogP contribution in [0.15, 0.2) is 84.9 Å². The van der Waals surface area contributed by atoms with E-state index in [9.17, 15) is 24.0 Å². The van der Waals surface area contributed by atoms with E-state index in [2.05, 4.69) is 16.0 Å². The van der Waals surface area contributed by atoms with E-state index in [1.165, 1.54) is 4.90 Å². The molecule has 0 aromatic heterocycles. The second-order valence-corrected chi connectivity index (χ2v) is 9.47. The largest absolute Gasteiger partial charge is 0.352 e. The van der Waals surface area contributed by atoms with Crippen LogP contribution in [0.5, 0.6) is 0 Å². The first-order chi connectivity index (χ1) is 19.3. The van der Waals surface area contributed by atoms with Crippen molar-refractivity contribution < 1.29 is 24.0 Å². The summed E-state index contributed by atoms with van der Waals surface area (Å²) in [5.74, 6) is -1.93. The highest BCUT2D eigenvalue weighted by Crippen LogP contribution is 2.28. The van der Waals surface area contributed by atoms with Crippen LogP contribution in [0.25, 0.3) is 0 Å². The van der Waals surface area contributed by atoms with E-state index in [1.54, 1.807) is 24.3 Å². The molecule has 6 amide bonds. The SMILES string of the molecule is NC(=O)NCC(C(=O)NCc1ccc2c(c1)CN(C1CCC(=O)NC1=O)C2=O)c1ccccc1.c1ccccc1. The minimum Gasteiger partial charge on any atom is -0.352 e. The van der Waals surface area contributed by atoms with Crippen LogP contribution >= 0.6 is 0 Å². The van der Waals surface area contributed by atoms with Gasteiger partial charge >= 0.3 is 6.03 Å². The highest BCUT2D eigenvalue weighted by molar-refractivity contribution is 6.05. The van der Waals surface area contributed by atoms with Crippen molar-refractivity contribution in [2.24, 2.45) is 5.73 Å². The van der Waals surface area contributed by atoms with Gasteiger partial charge in [0, 0.05) is 31.6 Å². The molecule has 0 radical (unpaired) electrons. The number of piperidine rings is 1. The Hall–Kier alpha value is -4.99. The summed E-state index contributed by atoms with van der Waals surface area (Å²) in [7, 11) is 0. The zero-order chi connectivity index (χ0) is 28.5. The lowest BCUT2D eigenvalue weighted by Gasteiger charge is -2.29. The van der Waals surface area contributed by atoms with Crippen molar-refractivity contribution in [1.82, 2.24) is 20.9 Å². The normalized spacial score (nSPS) is 16.6. The molecule has 0 aliphatic carbocycles. The molecule has 206 valence electrons. The van der Waals surface area contributed by atoms with E-state index in [1.807, 2.05) is 60.7 Å². The number of nitrogens with two attached hydrogens (primary N) is 1. The van der Waals surface area contributed by atoms with Crippen LogP contribution in [0, 0.1) is 0 Å². The number of carbonyl (C=O) groups excluding carboxylic acids is 5. The Labute approximate surface area is 231 Å². The molecule has 1 fully saturated rings. The molecule has 0 bridgehead atoms. The third-order valence-corrected chi connectivity index (χ3v) is 6.72. The van der Waals surface area contributed by atoms with Gasteiger partial charge in [0.25, 0.3) is 5.91 Å². The van der Waals surface area contributed by atoms with Crippen LogP contribution in [0.3, 0.4) is 0 Å². The van der Waals surface area contributed by atoms with Gasteiger partial charge in [0.1, 0.15) is 6.04 Å². The summed E-state index contributed by atoms with van der Waals surface area (Å²) in [6, 6.07) is 25.0. The molecule has 2 atom stereocenters. The maximum absolute atomic E-state index is 12.9. The fraction of sp³-hybridized carbons (Fsp3) is 0.233. The van der Waals surface area contributed by atoms with E-state index in [0.29, 0.717) is 12.0 Å². The lowest BCUT2D eigenvalue weighted by molar-refractivity contribution is -0.137. The van der Waals surface area contributed by atoms with E-state index < -0.39 is 23.9 Å². The van der Waals surface area contributed by atoms with Crippen LogP contribution in [-0.2, 0) is 27.5 Å². The second kappa shape index (κ2) is 13.2. The van der Waals surface area contributed by atoms with Crippen molar-refractivity contribution in [3.63, 3.8) is 0 Å². The molecule has 3 aromatic rings. The summed E-state index contributed by atoms with van der Waals surface area (Å²) in [4.78, 5) is 62.0. The van der Waals surface area contributed by atoms with Crippen molar-refractivity contribution in [3.8, 4) is 0 Å². The maximum atomic E-state index is 12.9. The van der Waals surface area contributed by atoms with Gasteiger partial charge in [-0.1, -0.05) is 78.9 Å². The lowest BCUT2D eigenvalue weighted by atomic mass is 9.98. The minimum absolute atomic E-state index is 0.0603. The number of fused-ring (bicyclic) bond motifs is 1. The van der Waals surface area contributed by atoms with Crippen LogP contribution in [0.4, 0.5) is 4.79 Å². The number of hydrogen-bond acceptors (Lipinski definition) is 5. The van der Waals surface area contributed by atoms with Gasteiger partial charge < -0.3 is 21.3 Å². The van der Waals surface area contributed by atoms with Gasteiger partial charge in [0.15, 0.2) is 0 Å². The van der Waals surface area contributed by atoms with Crippen molar-refractivity contribution in [2.75, 3.05) is 6.54 Å². The molecule has 40 heavy (non-hydrogen) atoms. The quantitative estimate of drug-likeness (QED) is 0.338. The van der Waals surface area contributed by atoms with Gasteiger partial charge in [-0.15, -0.1) is 0 Å². The van der Waals surface area contributed by atoms with Gasteiger partial charge in [-0.2, -0.15) is 0 Å². The fourth-order valence-corrected chi connectivity index (χ4v) is 4.68. The van der Waals surface area contributed by atoms with E-state index in [0.717, 1.165) is 16.7 Å². The Kier molecular flexibility index (Phi) is 9.24. The van der Waals surface area contributed by atoms with Gasteiger partial charge in [-0.3, -0.25) is 24.5 Å². The molecular weight excluding hydrogens is 510 g/mol. The Bertz CT molecular complexity index is 1350. The Balaban J connectivity index is 0.000000546. The number of benzene rings is 3. The molecule has 5 rings (SSSR count). The Morgan fingerprint density at radius 3 is 2.20 bits per heavy atom. The monoisotopic (exact) mass is 541 g/mol. The number of carbonyl (C=O) groups is 5. The van der Waals surface area contributed by atoms with Crippen LogP contribution < -0.4 is 21.7 Å². The molecule has 2 aliphatic heterocycles. The first-order valence-electron chi connectivity index (χ1n) is 13.0. The van der Waals surface area contributed by atoms with Crippen molar-refractivity contribution >= 4 is 29.7 Å². The standard InChI is InChI=1S/C24H25N5O5.C6H6/c25-24(34)27-12-18(15-4-2-1-3-5-15)21(31)26-11-14-6-7-17-16(10-14)13-29(23(17)33)19-8-9-20(30)28-22(19)32;1-2-4-6-5-3-1/h1-7,10,18-19H,8-9,11-13H2,(H,26,31)(H3,25,27,34)(H,28,30,32);1-6H. The molecule has 5 N–H and O–H groups in total. The van der Waals surface area contributed by atoms with Gasteiger partial charge in [0.05, 0.1) is 5.92 Å². The average molecular weight is 542 g/mol. The number of nitrogens with zero attached hydrogens (tertiary/aromatic N) is 1. The third-order valence-electron chi connectivity index (χ3n) is 6.72. The van der Waals surface area contributed by atoms with Crippen molar-refractivity contribution in [2.45, 2.75) is 37.9 Å². The smallest absolute Gasteiger partial charge is 0.312 e. The lowest BCUT2D eigenvalue weighted by Crippen LogP contribution is -2.52. The molecule has 0 spiro atoms. The number of primary amides is 1. The molecule has 3 aromatic carbocycles. The molecule has 2 aliphatic rings. The highest BCUT2D eigenvalue weighted by atomic mass is 16.2. The topological polar surface area (TPSA) is 151 Å². The molecule has 0 saturated carbocycles. The number of hydrogen-bond donors (Lipinski definition) is 4. The molecule has 2 unspecified atom stereocenters. The maximum Gasteiger partial charge on any atom is 0.312 e. The Morgan fingerprint density at radius 1 is 0.925 bits per heavy atom. The summed E-state index contributed by atoms with van der Waals surface area (Å²) in [6.45, 7) is 0.542. The molecular formula is C30H31N5O5. The second-order valence-electron chi connectivity index (χ2n) is 9.47. The number of rotatable bonds is 7. The zero-order valence-corrected chi connectivity index (χ0v) is 21.8. The zero-order valence-electron chi connectivity index (χ0n) is 21.8. The summed E-state index contributed by atoms with van der Waals surface area (Å²) >= 11 is 0. The molecule has 1 saturated heterocycles. The van der Waals surface area contributed by atoms with Gasteiger partial charge in [-0.25, -0.2) is 4.79 Å². The number of amides is 6. The summed E-state index contributed by atoms with van der Waals surface area (Å²) in [6.07, 6.45) is 0.495. The first kappa shape index (κ1) is 28.0. The summed E-state index contributed by atoms with van der Waals surface area (Å²) < 4.78 is 0. The highest BCUT2D eigenvalue weighted by Gasteiger charge is 2.39. The molecule has 10 heteroatoms. The number of nitrogens with one attached hydrogen (secondary N) is 3. The first-order valence-corrected chi connectivity index (χ1v) is 13.0. The van der Waals surface area contributed by atoms with E-state index in [4.69, 9.17) is 5.73 Å². The molecule has 2 heterocycles. The summed E-state index contributed by atoms with van der Waals surface area (Å²) in [5.41, 5.74) is 7.98.